The molecule has 3 unspecified atom stereocenters. The van der Waals surface area contributed by atoms with Gasteiger partial charge in [-0.25, -0.2) is 4.79 Å². The lowest BCUT2D eigenvalue weighted by atomic mass is 9.50. The second-order valence-electron chi connectivity index (χ2n) is 11.3. The number of benzene rings is 1. The largest absolute Gasteiger partial charge is 0.455 e. The molecule has 4 fully saturated rings. The van der Waals surface area contributed by atoms with Crippen molar-refractivity contribution in [2.45, 2.75) is 74.2 Å². The third kappa shape index (κ3) is 5.54. The number of carbonyl (C=O) groups is 2. The van der Waals surface area contributed by atoms with E-state index in [1.54, 1.807) is 0 Å². The Bertz CT molecular complexity index is 1270. The summed E-state index contributed by atoms with van der Waals surface area (Å²) in [4.78, 5) is 26.4. The fraction of sp³-hybridized carbons (Fsp3) is 0.667. The van der Waals surface area contributed by atoms with Gasteiger partial charge in [-0.3, -0.25) is 9.35 Å². The molecule has 4 aliphatic rings. The van der Waals surface area contributed by atoms with Gasteiger partial charge < -0.3 is 9.47 Å². The Balaban J connectivity index is 1.57. The first-order valence-corrected chi connectivity index (χ1v) is 14.9. The first-order chi connectivity index (χ1) is 18.5. The fourth-order valence-corrected chi connectivity index (χ4v) is 7.74. The van der Waals surface area contributed by atoms with E-state index < -0.39 is 62.9 Å². The van der Waals surface area contributed by atoms with E-state index in [0.717, 1.165) is 23.0 Å². The lowest BCUT2D eigenvalue weighted by Gasteiger charge is -2.58. The van der Waals surface area contributed by atoms with E-state index in [2.05, 4.69) is 10.8 Å². The first kappa shape index (κ1) is 30.9. The molecule has 5 rings (SSSR count). The Morgan fingerprint density at radius 2 is 1.60 bits per heavy atom. The van der Waals surface area contributed by atoms with Gasteiger partial charge in [0.25, 0.3) is 6.10 Å². The molecule has 4 bridgehead atoms. The third-order valence-corrected chi connectivity index (χ3v) is 9.65. The van der Waals surface area contributed by atoms with Crippen LogP contribution in [-0.4, -0.2) is 71.6 Å². The second kappa shape index (κ2) is 10.6. The minimum Gasteiger partial charge on any atom is -0.455 e. The van der Waals surface area contributed by atoms with Crippen molar-refractivity contribution in [3.8, 4) is 0 Å². The zero-order valence-electron chi connectivity index (χ0n) is 22.4. The Morgan fingerprint density at radius 1 is 1.00 bits per heavy atom. The monoisotopic (exact) mass is 590 g/mol. The van der Waals surface area contributed by atoms with Crippen LogP contribution in [0.4, 0.5) is 22.0 Å². The van der Waals surface area contributed by atoms with Crippen molar-refractivity contribution < 1.29 is 54.0 Å². The summed E-state index contributed by atoms with van der Waals surface area (Å²) in [5.74, 6) is -4.49. The standard InChI is InChI=1S/C24H30B3F5O7S/c25-8-12-3-15(9-26)17(10-27)16(4-12)19(33)39-22-5-11-1-13(6-22)18(14(2-11)7-22)20(34)38-21(23(28,29)30)24(31,32)40(35,36)37/h3-4,11,13-14,18,21H,1-2,5-10,25-27H2,(H,35,36,37). The Kier molecular flexibility index (Phi) is 8.21. The minimum absolute atomic E-state index is 0.0193. The van der Waals surface area contributed by atoms with Crippen LogP contribution in [0.15, 0.2) is 12.1 Å². The Morgan fingerprint density at radius 3 is 2.08 bits per heavy atom. The normalized spacial score (nSPS) is 28.8. The number of rotatable bonds is 9. The molecule has 1 N–H and O–H groups in total. The van der Waals surface area contributed by atoms with Gasteiger partial charge in [-0.05, 0) is 61.5 Å². The molecule has 16 heteroatoms. The van der Waals surface area contributed by atoms with E-state index in [9.17, 15) is 40.0 Å². The van der Waals surface area contributed by atoms with Crippen molar-refractivity contribution in [1.82, 2.24) is 0 Å². The number of alkyl halides is 5. The van der Waals surface area contributed by atoms with E-state index in [0.29, 0.717) is 37.5 Å². The summed E-state index contributed by atoms with van der Waals surface area (Å²) >= 11 is 0. The molecule has 4 aliphatic carbocycles. The van der Waals surface area contributed by atoms with E-state index in [4.69, 9.17) is 9.29 Å². The summed E-state index contributed by atoms with van der Waals surface area (Å²) in [6.45, 7) is 0. The van der Waals surface area contributed by atoms with Gasteiger partial charge >= 0.3 is 33.5 Å². The van der Waals surface area contributed by atoms with E-state index in [-0.39, 0.29) is 18.8 Å². The predicted molar refractivity (Wildman–Crippen MR) is 141 cm³/mol. The van der Waals surface area contributed by atoms with Crippen LogP contribution in [-0.2, 0) is 43.3 Å². The van der Waals surface area contributed by atoms with Crippen molar-refractivity contribution in [3.63, 3.8) is 0 Å². The molecule has 0 spiro atoms. The number of hydrogen-bond donors (Lipinski definition) is 1. The van der Waals surface area contributed by atoms with E-state index in [1.807, 2.05) is 29.6 Å². The van der Waals surface area contributed by atoms with Crippen LogP contribution < -0.4 is 0 Å². The highest BCUT2D eigenvalue weighted by atomic mass is 32.2. The molecular weight excluding hydrogens is 560 g/mol. The maximum Gasteiger partial charge on any atom is 0.432 e. The SMILES string of the molecule is BCc1cc(CB)c(CB)c(C(=O)OC23CC4CC(C2)C(C(=O)OC(C(F)(F)F)C(F)(F)S(=O)(=O)O)C(C4)C3)c1. The van der Waals surface area contributed by atoms with Gasteiger partial charge in [0.1, 0.15) is 29.1 Å². The predicted octanol–water partition coefficient (Wildman–Crippen LogP) is 1.39. The van der Waals surface area contributed by atoms with Crippen LogP contribution >= 0.6 is 0 Å². The molecule has 0 aliphatic heterocycles. The second-order valence-corrected chi connectivity index (χ2v) is 12.8. The van der Waals surface area contributed by atoms with E-state index >= 15 is 0 Å². The van der Waals surface area contributed by atoms with Crippen LogP contribution in [0.5, 0.6) is 0 Å². The molecule has 0 saturated heterocycles. The maximum absolute atomic E-state index is 14.0. The zero-order valence-corrected chi connectivity index (χ0v) is 23.2. The average Bonchev–Trinajstić information content (AvgIpc) is 2.83. The summed E-state index contributed by atoms with van der Waals surface area (Å²) in [6, 6.07) is 3.88. The number of carbonyl (C=O) groups excluding carboxylic acids is 2. The summed E-state index contributed by atoms with van der Waals surface area (Å²) < 4.78 is 109. The first-order valence-electron chi connectivity index (χ1n) is 13.5. The molecule has 0 heterocycles. The molecule has 0 radical (unpaired) electrons. The summed E-state index contributed by atoms with van der Waals surface area (Å²) in [5, 5.41) is -5.79. The highest BCUT2D eigenvalue weighted by Crippen LogP contribution is 2.60. The average molecular weight is 590 g/mol. The molecule has 1 aromatic rings. The Hall–Kier alpha value is -2.09. The van der Waals surface area contributed by atoms with Crippen molar-refractivity contribution in [2.75, 3.05) is 0 Å². The van der Waals surface area contributed by atoms with Crippen molar-refractivity contribution in [3.05, 3.63) is 34.4 Å². The molecule has 0 amide bonds. The molecule has 0 aromatic heterocycles. The molecule has 1 aromatic carbocycles. The van der Waals surface area contributed by atoms with Crippen LogP contribution in [0, 0.1) is 23.7 Å². The lowest BCUT2D eigenvalue weighted by molar-refractivity contribution is -0.265. The third-order valence-electron chi connectivity index (χ3n) is 8.74. The van der Waals surface area contributed by atoms with Gasteiger partial charge in [-0.2, -0.15) is 30.4 Å². The number of hydrogen-bond acceptors (Lipinski definition) is 6. The highest BCUT2D eigenvalue weighted by molar-refractivity contribution is 7.86. The van der Waals surface area contributed by atoms with Crippen LogP contribution in [0.1, 0.15) is 59.2 Å². The van der Waals surface area contributed by atoms with Crippen LogP contribution in [0.3, 0.4) is 0 Å². The van der Waals surface area contributed by atoms with Gasteiger partial charge in [0, 0.05) is 0 Å². The molecule has 40 heavy (non-hydrogen) atoms. The molecular formula is C24H30B3F5O7S. The molecule has 7 nitrogen and oxygen atoms in total. The van der Waals surface area contributed by atoms with Crippen molar-refractivity contribution in [2.24, 2.45) is 23.7 Å². The fourth-order valence-electron chi connectivity index (χ4n) is 7.28. The lowest BCUT2D eigenvalue weighted by Crippen LogP contribution is -2.59. The van der Waals surface area contributed by atoms with Crippen LogP contribution in [0.25, 0.3) is 0 Å². The van der Waals surface area contributed by atoms with Gasteiger partial charge in [-0.1, -0.05) is 36.2 Å². The van der Waals surface area contributed by atoms with Gasteiger partial charge in [-0.15, -0.1) is 0 Å². The maximum atomic E-state index is 14.0. The number of esters is 2. The minimum atomic E-state index is -6.54. The number of halogens is 5. The topological polar surface area (TPSA) is 107 Å². The van der Waals surface area contributed by atoms with Crippen molar-refractivity contribution >= 4 is 45.6 Å². The summed E-state index contributed by atoms with van der Waals surface area (Å²) in [6.07, 6.45) is -6.63. The number of ether oxygens (including phenoxy) is 2. The summed E-state index contributed by atoms with van der Waals surface area (Å²) in [7, 11) is -0.621. The Labute approximate surface area is 231 Å². The van der Waals surface area contributed by atoms with Crippen molar-refractivity contribution in [1.29, 1.82) is 0 Å². The quantitative estimate of drug-likeness (QED) is 0.201. The van der Waals surface area contributed by atoms with Crippen LogP contribution in [0.2, 0.25) is 0 Å². The molecule has 4 saturated carbocycles. The summed E-state index contributed by atoms with van der Waals surface area (Å²) in [5.41, 5.74) is 2.42. The molecule has 218 valence electrons. The highest BCUT2D eigenvalue weighted by Gasteiger charge is 2.67. The smallest absolute Gasteiger partial charge is 0.432 e. The van der Waals surface area contributed by atoms with Gasteiger partial charge in [0.05, 0.1) is 11.5 Å². The zero-order chi connectivity index (χ0) is 29.8. The van der Waals surface area contributed by atoms with Gasteiger partial charge in [0.15, 0.2) is 0 Å². The van der Waals surface area contributed by atoms with Gasteiger partial charge in [0.2, 0.25) is 0 Å². The van der Waals surface area contributed by atoms with E-state index in [1.165, 1.54) is 0 Å². The molecule has 3 atom stereocenters.